The first kappa shape index (κ1) is 14.4. The van der Waals surface area contributed by atoms with Gasteiger partial charge in [-0.15, -0.1) is 5.10 Å². The summed E-state index contributed by atoms with van der Waals surface area (Å²) in [5.74, 6) is 0.542. The number of aromatic nitrogens is 2. The van der Waals surface area contributed by atoms with Gasteiger partial charge in [0.1, 0.15) is 6.07 Å². The van der Waals surface area contributed by atoms with Crippen molar-refractivity contribution < 1.29 is 9.47 Å². The van der Waals surface area contributed by atoms with Gasteiger partial charge in [0.15, 0.2) is 5.82 Å². The van der Waals surface area contributed by atoms with Gasteiger partial charge in [-0.05, 0) is 18.9 Å². The number of hydrogen-bond donors (Lipinski definition) is 1. The van der Waals surface area contributed by atoms with E-state index in [2.05, 4.69) is 21.6 Å². The first-order valence-electron chi connectivity index (χ1n) is 5.91. The number of methoxy groups -OCH3 is 1. The molecule has 0 aliphatic heterocycles. The van der Waals surface area contributed by atoms with Crippen LogP contribution < -0.4 is 5.32 Å². The number of nitrogens with one attached hydrogen (secondary N) is 1. The standard InChI is InChI=1S/C12H18N4O2/c1-17-8-9-18-7-3-2-5-14-12-11(10-13)4-6-15-16-12/h4,6H,2-3,5,7-9H2,1H3,(H,14,16). The highest BCUT2D eigenvalue weighted by atomic mass is 16.5. The largest absolute Gasteiger partial charge is 0.382 e. The van der Waals surface area contributed by atoms with Gasteiger partial charge in [-0.2, -0.15) is 10.4 Å². The number of ether oxygens (including phenoxy) is 2. The molecule has 6 heteroatoms. The van der Waals surface area contributed by atoms with Crippen molar-refractivity contribution in [3.05, 3.63) is 17.8 Å². The van der Waals surface area contributed by atoms with Gasteiger partial charge in [0.05, 0.1) is 25.0 Å². The summed E-state index contributed by atoms with van der Waals surface area (Å²) < 4.78 is 10.2. The van der Waals surface area contributed by atoms with E-state index in [-0.39, 0.29) is 0 Å². The fraction of sp³-hybridized carbons (Fsp3) is 0.583. The summed E-state index contributed by atoms with van der Waals surface area (Å²) in [6.07, 6.45) is 3.42. The molecular formula is C12H18N4O2. The molecule has 1 rings (SSSR count). The van der Waals surface area contributed by atoms with Gasteiger partial charge in [-0.3, -0.25) is 0 Å². The predicted molar refractivity (Wildman–Crippen MR) is 67.2 cm³/mol. The van der Waals surface area contributed by atoms with Crippen LogP contribution in [0, 0.1) is 11.3 Å². The Bertz CT molecular complexity index is 379. The lowest BCUT2D eigenvalue weighted by molar-refractivity contribution is 0.0691. The lowest BCUT2D eigenvalue weighted by Gasteiger charge is -2.06. The molecule has 0 aliphatic rings. The maximum absolute atomic E-state index is 8.85. The molecule has 0 bridgehead atoms. The van der Waals surface area contributed by atoms with Gasteiger partial charge in [-0.1, -0.05) is 0 Å². The first-order chi connectivity index (χ1) is 8.88. The molecule has 1 heterocycles. The average molecular weight is 250 g/mol. The molecule has 1 aromatic rings. The molecule has 6 nitrogen and oxygen atoms in total. The zero-order valence-electron chi connectivity index (χ0n) is 10.6. The van der Waals surface area contributed by atoms with Gasteiger partial charge in [0.2, 0.25) is 0 Å². The second-order valence-corrected chi connectivity index (χ2v) is 3.64. The van der Waals surface area contributed by atoms with Gasteiger partial charge < -0.3 is 14.8 Å². The minimum Gasteiger partial charge on any atom is -0.382 e. The van der Waals surface area contributed by atoms with Crippen LogP contribution in [0.4, 0.5) is 5.82 Å². The Hall–Kier alpha value is -1.71. The van der Waals surface area contributed by atoms with Crippen molar-refractivity contribution in [1.82, 2.24) is 10.2 Å². The molecule has 0 fully saturated rings. The van der Waals surface area contributed by atoms with Gasteiger partial charge in [0.25, 0.3) is 0 Å². The summed E-state index contributed by atoms with van der Waals surface area (Å²) in [4.78, 5) is 0. The van der Waals surface area contributed by atoms with E-state index in [0.29, 0.717) is 24.6 Å². The van der Waals surface area contributed by atoms with Crippen molar-refractivity contribution in [2.45, 2.75) is 12.8 Å². The number of anilines is 1. The summed E-state index contributed by atoms with van der Waals surface area (Å²) in [5.41, 5.74) is 0.515. The molecule has 98 valence electrons. The van der Waals surface area contributed by atoms with Crippen LogP contribution in [0.2, 0.25) is 0 Å². The second-order valence-electron chi connectivity index (χ2n) is 3.64. The summed E-state index contributed by atoms with van der Waals surface area (Å²) in [5, 5.41) is 19.6. The second kappa shape index (κ2) is 9.33. The van der Waals surface area contributed by atoms with E-state index in [1.54, 1.807) is 13.2 Å². The summed E-state index contributed by atoms with van der Waals surface area (Å²) in [7, 11) is 1.65. The molecule has 0 saturated carbocycles. The summed E-state index contributed by atoms with van der Waals surface area (Å²) in [6, 6.07) is 3.71. The molecule has 0 amide bonds. The number of hydrogen-bond acceptors (Lipinski definition) is 6. The first-order valence-corrected chi connectivity index (χ1v) is 5.91. The molecule has 1 aromatic heterocycles. The predicted octanol–water partition coefficient (Wildman–Crippen LogP) is 1.20. The minimum absolute atomic E-state index is 0.515. The van der Waals surface area contributed by atoms with E-state index in [4.69, 9.17) is 14.7 Å². The van der Waals surface area contributed by atoms with Crippen LogP contribution in [-0.4, -0.2) is 43.7 Å². The van der Waals surface area contributed by atoms with E-state index >= 15 is 0 Å². The van der Waals surface area contributed by atoms with Crippen LogP contribution in [-0.2, 0) is 9.47 Å². The Morgan fingerprint density at radius 2 is 2.22 bits per heavy atom. The SMILES string of the molecule is COCCOCCCCNc1nnccc1C#N. The highest BCUT2D eigenvalue weighted by molar-refractivity contribution is 5.49. The molecule has 0 aromatic carbocycles. The number of nitriles is 1. The maximum atomic E-state index is 8.85. The third kappa shape index (κ3) is 5.57. The van der Waals surface area contributed by atoms with Gasteiger partial charge in [0, 0.05) is 20.3 Å². The van der Waals surface area contributed by atoms with Crippen LogP contribution in [0.5, 0.6) is 0 Å². The molecule has 0 spiro atoms. The van der Waals surface area contributed by atoms with E-state index in [0.717, 1.165) is 26.0 Å². The number of nitrogens with zero attached hydrogens (tertiary/aromatic N) is 3. The van der Waals surface area contributed by atoms with Crippen LogP contribution in [0.3, 0.4) is 0 Å². The Labute approximate surface area is 107 Å². The normalized spacial score (nSPS) is 10.0. The van der Waals surface area contributed by atoms with E-state index < -0.39 is 0 Å². The quantitative estimate of drug-likeness (QED) is 0.663. The molecule has 0 aliphatic carbocycles. The zero-order valence-corrected chi connectivity index (χ0v) is 10.6. The number of rotatable bonds is 9. The molecule has 0 radical (unpaired) electrons. The third-order valence-corrected chi connectivity index (χ3v) is 2.28. The summed E-state index contributed by atoms with van der Waals surface area (Å²) in [6.45, 7) is 2.73. The van der Waals surface area contributed by atoms with E-state index in [1.807, 2.05) is 0 Å². The third-order valence-electron chi connectivity index (χ3n) is 2.28. The van der Waals surface area contributed by atoms with Crippen molar-refractivity contribution in [2.24, 2.45) is 0 Å². The molecule has 0 unspecified atom stereocenters. The topological polar surface area (TPSA) is 80.1 Å². The van der Waals surface area contributed by atoms with Gasteiger partial charge >= 0.3 is 0 Å². The highest BCUT2D eigenvalue weighted by Gasteiger charge is 2.01. The lowest BCUT2D eigenvalue weighted by atomic mass is 10.3. The van der Waals surface area contributed by atoms with E-state index in [1.165, 1.54) is 6.20 Å². The molecule has 0 saturated heterocycles. The Kier molecular flexibility index (Phi) is 7.44. The van der Waals surface area contributed by atoms with Crippen LogP contribution in [0.15, 0.2) is 12.3 Å². The smallest absolute Gasteiger partial charge is 0.166 e. The van der Waals surface area contributed by atoms with Crippen molar-refractivity contribution in [3.8, 4) is 6.07 Å². The van der Waals surface area contributed by atoms with Crippen molar-refractivity contribution in [1.29, 1.82) is 5.26 Å². The zero-order chi connectivity index (χ0) is 13.1. The van der Waals surface area contributed by atoms with Crippen LogP contribution >= 0.6 is 0 Å². The maximum Gasteiger partial charge on any atom is 0.166 e. The Morgan fingerprint density at radius 1 is 1.33 bits per heavy atom. The van der Waals surface area contributed by atoms with Crippen molar-refractivity contribution in [2.75, 3.05) is 38.8 Å². The highest BCUT2D eigenvalue weighted by Crippen LogP contribution is 2.08. The van der Waals surface area contributed by atoms with Crippen LogP contribution in [0.25, 0.3) is 0 Å². The lowest BCUT2D eigenvalue weighted by Crippen LogP contribution is -2.08. The van der Waals surface area contributed by atoms with Crippen molar-refractivity contribution in [3.63, 3.8) is 0 Å². The molecular weight excluding hydrogens is 232 g/mol. The number of unbranched alkanes of at least 4 members (excludes halogenated alkanes) is 1. The average Bonchev–Trinajstić information content (AvgIpc) is 2.42. The Balaban J connectivity index is 2.09. The fourth-order valence-electron chi connectivity index (χ4n) is 1.33. The summed E-state index contributed by atoms with van der Waals surface area (Å²) >= 11 is 0. The van der Waals surface area contributed by atoms with Gasteiger partial charge in [-0.25, -0.2) is 0 Å². The minimum atomic E-state index is 0.515. The van der Waals surface area contributed by atoms with Crippen molar-refractivity contribution >= 4 is 5.82 Å². The van der Waals surface area contributed by atoms with Crippen LogP contribution in [0.1, 0.15) is 18.4 Å². The Morgan fingerprint density at radius 3 is 3.00 bits per heavy atom. The molecule has 18 heavy (non-hydrogen) atoms. The monoisotopic (exact) mass is 250 g/mol. The molecule has 1 N–H and O–H groups in total. The fourth-order valence-corrected chi connectivity index (χ4v) is 1.33. The van der Waals surface area contributed by atoms with E-state index in [9.17, 15) is 0 Å². The molecule has 0 atom stereocenters.